The quantitative estimate of drug-likeness (QED) is 0.825. The summed E-state index contributed by atoms with van der Waals surface area (Å²) in [4.78, 5) is 5.63. The number of nitrogens with zero attached hydrogens (tertiary/aromatic N) is 2. The van der Waals surface area contributed by atoms with Crippen LogP contribution in [0.2, 0.25) is 0 Å². The first-order valence-corrected chi connectivity index (χ1v) is 7.17. The van der Waals surface area contributed by atoms with Gasteiger partial charge >= 0.3 is 0 Å². The number of hydrogen-bond donors (Lipinski definition) is 1. The number of nitrogens with one attached hydrogen (secondary N) is 1. The van der Waals surface area contributed by atoms with E-state index >= 15 is 0 Å². The van der Waals surface area contributed by atoms with Crippen molar-refractivity contribution in [3.05, 3.63) is 22.5 Å². The summed E-state index contributed by atoms with van der Waals surface area (Å²) in [5, 5.41) is 5.56. The molecule has 2 aromatic rings. The minimum absolute atomic E-state index is 0.110. The van der Waals surface area contributed by atoms with Gasteiger partial charge in [0.25, 0.3) is 0 Å². The van der Waals surface area contributed by atoms with E-state index in [1.165, 1.54) is 11.4 Å². The summed E-state index contributed by atoms with van der Waals surface area (Å²) < 4.78 is 12.7. The molecule has 1 atom stereocenters. The van der Waals surface area contributed by atoms with Crippen LogP contribution >= 0.6 is 11.3 Å². The van der Waals surface area contributed by atoms with Crippen molar-refractivity contribution >= 4 is 16.3 Å². The first-order valence-electron chi connectivity index (χ1n) is 6.29. The first kappa shape index (κ1) is 14.5. The topological polar surface area (TPSA) is 47.8 Å². The lowest BCUT2D eigenvalue weighted by molar-refractivity contribution is -0.119. The van der Waals surface area contributed by atoms with Crippen LogP contribution in [0.4, 0.5) is 0 Å². The van der Waals surface area contributed by atoms with Gasteiger partial charge in [-0.25, -0.2) is 4.98 Å². The summed E-state index contributed by atoms with van der Waals surface area (Å²) in [5.74, 6) is 0. The van der Waals surface area contributed by atoms with Crippen LogP contribution in [0.25, 0.3) is 4.96 Å². The highest BCUT2D eigenvalue weighted by molar-refractivity contribution is 7.15. The maximum absolute atomic E-state index is 5.25. The van der Waals surface area contributed by atoms with Crippen LogP contribution in [0.15, 0.2) is 5.38 Å². The van der Waals surface area contributed by atoms with Crippen molar-refractivity contribution < 1.29 is 9.47 Å². The first-order chi connectivity index (χ1) is 9.08. The molecule has 19 heavy (non-hydrogen) atoms. The molecule has 0 aromatic carbocycles. The second-order valence-corrected chi connectivity index (χ2v) is 5.48. The summed E-state index contributed by atoms with van der Waals surface area (Å²) in [5.41, 5.74) is 3.49. The number of imidazole rings is 1. The molecule has 1 N–H and O–H groups in total. The molecule has 6 heteroatoms. The van der Waals surface area contributed by atoms with E-state index in [1.807, 2.05) is 13.8 Å². The molecule has 2 heterocycles. The highest BCUT2D eigenvalue weighted by Crippen LogP contribution is 2.20. The Kier molecular flexibility index (Phi) is 4.57. The van der Waals surface area contributed by atoms with Gasteiger partial charge in [-0.1, -0.05) is 0 Å². The average molecular weight is 283 g/mol. The third-order valence-electron chi connectivity index (χ3n) is 3.29. The van der Waals surface area contributed by atoms with Crippen molar-refractivity contribution in [2.75, 3.05) is 14.2 Å². The maximum atomic E-state index is 5.25. The van der Waals surface area contributed by atoms with Crippen molar-refractivity contribution in [3.8, 4) is 0 Å². The van der Waals surface area contributed by atoms with Gasteiger partial charge in [-0.05, 0) is 20.8 Å². The third kappa shape index (κ3) is 2.81. The average Bonchev–Trinajstić information content (AvgIpc) is 2.88. The normalized spacial score (nSPS) is 13.6. The third-order valence-corrected chi connectivity index (χ3v) is 4.24. The summed E-state index contributed by atoms with van der Waals surface area (Å²) >= 11 is 1.67. The Morgan fingerprint density at radius 2 is 2.05 bits per heavy atom. The Morgan fingerprint density at radius 1 is 1.37 bits per heavy atom. The molecule has 0 aliphatic carbocycles. The lowest BCUT2D eigenvalue weighted by Gasteiger charge is -2.22. The van der Waals surface area contributed by atoms with Crippen LogP contribution in [0, 0.1) is 13.8 Å². The van der Waals surface area contributed by atoms with E-state index in [1.54, 1.807) is 25.6 Å². The lowest BCUT2D eigenvalue weighted by Crippen LogP contribution is -2.39. The number of hydrogen-bond acceptors (Lipinski definition) is 5. The molecular weight excluding hydrogens is 262 g/mol. The van der Waals surface area contributed by atoms with E-state index in [0.29, 0.717) is 0 Å². The SMILES string of the molecule is COC(OC)C(C)NCc1c(C)nc2scc(C)n12. The molecule has 0 aliphatic heterocycles. The number of thiazole rings is 1. The van der Waals surface area contributed by atoms with Gasteiger partial charge in [-0.2, -0.15) is 0 Å². The van der Waals surface area contributed by atoms with Crippen molar-refractivity contribution in [1.29, 1.82) is 0 Å². The summed E-state index contributed by atoms with van der Waals surface area (Å²) in [6, 6.07) is 0.110. The van der Waals surface area contributed by atoms with Crippen LogP contribution < -0.4 is 5.32 Å². The Balaban J connectivity index is 2.13. The molecule has 0 radical (unpaired) electrons. The van der Waals surface area contributed by atoms with Crippen molar-refractivity contribution in [2.24, 2.45) is 0 Å². The monoisotopic (exact) mass is 283 g/mol. The van der Waals surface area contributed by atoms with E-state index in [2.05, 4.69) is 27.0 Å². The zero-order valence-electron chi connectivity index (χ0n) is 12.1. The van der Waals surface area contributed by atoms with Crippen molar-refractivity contribution in [3.63, 3.8) is 0 Å². The van der Waals surface area contributed by atoms with Gasteiger partial charge in [-0.3, -0.25) is 4.40 Å². The highest BCUT2D eigenvalue weighted by atomic mass is 32.1. The molecule has 2 rings (SSSR count). The van der Waals surface area contributed by atoms with E-state index in [9.17, 15) is 0 Å². The van der Waals surface area contributed by atoms with Gasteiger partial charge in [0.1, 0.15) is 0 Å². The number of fused-ring (bicyclic) bond motifs is 1. The second-order valence-electron chi connectivity index (χ2n) is 4.65. The maximum Gasteiger partial charge on any atom is 0.194 e. The van der Waals surface area contributed by atoms with Crippen LogP contribution in [0.3, 0.4) is 0 Å². The highest BCUT2D eigenvalue weighted by Gasteiger charge is 2.17. The predicted molar refractivity (Wildman–Crippen MR) is 76.7 cm³/mol. The van der Waals surface area contributed by atoms with Crippen molar-refractivity contribution in [2.45, 2.75) is 39.6 Å². The molecular formula is C13H21N3O2S. The minimum Gasteiger partial charge on any atom is -0.354 e. The van der Waals surface area contributed by atoms with Gasteiger partial charge in [0.2, 0.25) is 0 Å². The zero-order chi connectivity index (χ0) is 14.0. The van der Waals surface area contributed by atoms with Gasteiger partial charge in [0.15, 0.2) is 11.3 Å². The number of aryl methyl sites for hydroxylation is 2. The summed E-state index contributed by atoms with van der Waals surface area (Å²) in [7, 11) is 3.30. The molecule has 2 aromatic heterocycles. The van der Waals surface area contributed by atoms with Gasteiger partial charge in [0.05, 0.1) is 17.4 Å². The fourth-order valence-corrected chi connectivity index (χ4v) is 3.16. The number of aromatic nitrogens is 2. The Hall–Kier alpha value is -0.950. The van der Waals surface area contributed by atoms with Gasteiger partial charge in [0, 0.05) is 31.8 Å². The number of rotatable bonds is 6. The van der Waals surface area contributed by atoms with Crippen LogP contribution in [-0.4, -0.2) is 35.9 Å². The fourth-order valence-electron chi connectivity index (χ4n) is 2.23. The van der Waals surface area contributed by atoms with Crippen molar-refractivity contribution in [1.82, 2.24) is 14.7 Å². The molecule has 0 fully saturated rings. The van der Waals surface area contributed by atoms with E-state index < -0.39 is 0 Å². The molecule has 5 nitrogen and oxygen atoms in total. The smallest absolute Gasteiger partial charge is 0.194 e. The fraction of sp³-hybridized carbons (Fsp3) is 0.615. The van der Waals surface area contributed by atoms with Gasteiger partial charge in [-0.15, -0.1) is 11.3 Å². The molecule has 0 saturated heterocycles. The Bertz CT molecular complexity index is 545. The number of ether oxygens (including phenoxy) is 2. The zero-order valence-corrected chi connectivity index (χ0v) is 12.9. The number of methoxy groups -OCH3 is 2. The largest absolute Gasteiger partial charge is 0.354 e. The van der Waals surface area contributed by atoms with Crippen LogP contribution in [0.5, 0.6) is 0 Å². The Morgan fingerprint density at radius 3 is 2.68 bits per heavy atom. The second kappa shape index (κ2) is 6.00. The predicted octanol–water partition coefficient (Wildman–Crippen LogP) is 2.11. The van der Waals surface area contributed by atoms with Crippen LogP contribution in [0.1, 0.15) is 24.0 Å². The molecule has 0 spiro atoms. The lowest BCUT2D eigenvalue weighted by atomic mass is 10.3. The summed E-state index contributed by atoms with van der Waals surface area (Å²) in [6.45, 7) is 6.94. The molecule has 106 valence electrons. The molecule has 1 unspecified atom stereocenters. The molecule has 0 aliphatic rings. The Labute approximate surface area is 117 Å². The molecule has 0 amide bonds. The van der Waals surface area contributed by atoms with E-state index in [-0.39, 0.29) is 12.3 Å². The molecule has 0 saturated carbocycles. The summed E-state index contributed by atoms with van der Waals surface area (Å²) in [6.07, 6.45) is -0.243. The molecule has 0 bridgehead atoms. The van der Waals surface area contributed by atoms with Crippen LogP contribution in [-0.2, 0) is 16.0 Å². The van der Waals surface area contributed by atoms with Gasteiger partial charge < -0.3 is 14.8 Å². The minimum atomic E-state index is -0.243. The van der Waals surface area contributed by atoms with E-state index in [0.717, 1.165) is 17.2 Å². The standard InChI is InChI=1S/C13H21N3O2S/c1-8-7-19-13-15-9(2)11(16(8)13)6-14-10(3)12(17-4)18-5/h7,10,12,14H,6H2,1-5H3. The van der Waals surface area contributed by atoms with E-state index in [4.69, 9.17) is 9.47 Å².